The zero-order chi connectivity index (χ0) is 19.7. The second kappa shape index (κ2) is 6.92. The number of aromatic nitrogens is 3. The number of hydrogen-bond acceptors (Lipinski definition) is 4. The number of fused-ring (bicyclic) bond motifs is 1. The summed E-state index contributed by atoms with van der Waals surface area (Å²) < 4.78 is 39.2. The number of benzene rings is 2. The van der Waals surface area contributed by atoms with Crippen LogP contribution in [0.3, 0.4) is 0 Å². The Labute approximate surface area is 158 Å². The summed E-state index contributed by atoms with van der Waals surface area (Å²) >= 11 is 0. The summed E-state index contributed by atoms with van der Waals surface area (Å²) in [4.78, 5) is 13.2. The van der Waals surface area contributed by atoms with Gasteiger partial charge in [0.1, 0.15) is 0 Å². The number of rotatable bonds is 3. The van der Waals surface area contributed by atoms with Gasteiger partial charge in [0, 0.05) is 35.5 Å². The number of anilines is 1. The summed E-state index contributed by atoms with van der Waals surface area (Å²) in [5.41, 5.74) is 8.34. The highest BCUT2D eigenvalue weighted by atomic mass is 19.4. The number of nitrogen functional groups attached to an aromatic ring is 1. The predicted octanol–water partition coefficient (Wildman–Crippen LogP) is 4.88. The van der Waals surface area contributed by atoms with Crippen molar-refractivity contribution in [1.82, 2.24) is 15.0 Å². The maximum atomic E-state index is 13.1. The van der Waals surface area contributed by atoms with Crippen LogP contribution in [0.15, 0.2) is 67.0 Å². The van der Waals surface area contributed by atoms with Gasteiger partial charge in [0.05, 0.1) is 16.8 Å². The molecule has 0 aliphatic carbocycles. The van der Waals surface area contributed by atoms with Crippen LogP contribution < -0.4 is 5.73 Å². The normalized spacial score (nSPS) is 11.7. The van der Waals surface area contributed by atoms with E-state index in [2.05, 4.69) is 15.0 Å². The number of hydrogen-bond donors (Lipinski definition) is 1. The van der Waals surface area contributed by atoms with Crippen molar-refractivity contribution in [1.29, 1.82) is 0 Å². The van der Waals surface area contributed by atoms with Crippen LogP contribution in [0.2, 0.25) is 0 Å². The maximum absolute atomic E-state index is 13.1. The highest BCUT2D eigenvalue weighted by Crippen LogP contribution is 2.31. The molecule has 4 nitrogen and oxygen atoms in total. The molecule has 2 aromatic heterocycles. The molecule has 4 aromatic rings. The molecule has 2 N–H and O–H groups in total. The van der Waals surface area contributed by atoms with Crippen LogP contribution in [0.4, 0.5) is 18.9 Å². The fourth-order valence-electron chi connectivity index (χ4n) is 3.09. The fraction of sp³-hybridized carbons (Fsp3) is 0.0952. The molecule has 0 saturated carbocycles. The minimum absolute atomic E-state index is 0.199. The first kappa shape index (κ1) is 17.9. The Kier molecular flexibility index (Phi) is 4.43. The molecule has 140 valence electrons. The number of halogens is 3. The van der Waals surface area contributed by atoms with Gasteiger partial charge in [-0.05, 0) is 35.9 Å². The van der Waals surface area contributed by atoms with Gasteiger partial charge >= 0.3 is 6.18 Å². The van der Waals surface area contributed by atoms with Gasteiger partial charge in [-0.25, -0.2) is 9.97 Å². The molecule has 0 atom stereocenters. The van der Waals surface area contributed by atoms with Crippen molar-refractivity contribution in [2.24, 2.45) is 0 Å². The summed E-state index contributed by atoms with van der Waals surface area (Å²) in [6.07, 6.45) is -0.915. The number of pyridine rings is 1. The summed E-state index contributed by atoms with van der Waals surface area (Å²) in [5, 5.41) is 0.646. The second-order valence-corrected chi connectivity index (χ2v) is 6.35. The summed E-state index contributed by atoms with van der Waals surface area (Å²) in [5.74, 6) is 0.452. The van der Waals surface area contributed by atoms with Crippen molar-refractivity contribution in [3.8, 4) is 11.4 Å². The van der Waals surface area contributed by atoms with Gasteiger partial charge < -0.3 is 5.73 Å². The topological polar surface area (TPSA) is 64.7 Å². The molecular formula is C21H15F3N4. The summed E-state index contributed by atoms with van der Waals surface area (Å²) in [6, 6.07) is 14.1. The Morgan fingerprint density at radius 3 is 2.50 bits per heavy atom. The van der Waals surface area contributed by atoms with E-state index in [1.165, 1.54) is 6.07 Å². The molecular weight excluding hydrogens is 365 g/mol. The number of nitrogens with two attached hydrogens (primary N) is 1. The van der Waals surface area contributed by atoms with Crippen LogP contribution in [0.1, 0.15) is 16.8 Å². The lowest BCUT2D eigenvalue weighted by molar-refractivity contribution is -0.137. The monoisotopic (exact) mass is 380 g/mol. The SMILES string of the molecule is Nc1cccc2nc(-c3cccnc3)nc(Cc3cccc(C(F)(F)F)c3)c12. The van der Waals surface area contributed by atoms with Crippen LogP contribution in [-0.4, -0.2) is 15.0 Å². The van der Waals surface area contributed by atoms with Crippen molar-refractivity contribution in [3.63, 3.8) is 0 Å². The lowest BCUT2D eigenvalue weighted by Gasteiger charge is -2.12. The smallest absolute Gasteiger partial charge is 0.398 e. The molecule has 28 heavy (non-hydrogen) atoms. The van der Waals surface area contributed by atoms with Gasteiger partial charge in [-0.2, -0.15) is 13.2 Å². The van der Waals surface area contributed by atoms with Crippen LogP contribution in [0.5, 0.6) is 0 Å². The van der Waals surface area contributed by atoms with Crippen LogP contribution >= 0.6 is 0 Å². The minimum Gasteiger partial charge on any atom is -0.398 e. The lowest BCUT2D eigenvalue weighted by atomic mass is 10.0. The van der Waals surface area contributed by atoms with E-state index in [1.54, 1.807) is 36.7 Å². The van der Waals surface area contributed by atoms with E-state index in [1.807, 2.05) is 12.1 Å². The van der Waals surface area contributed by atoms with E-state index >= 15 is 0 Å². The van der Waals surface area contributed by atoms with Crippen molar-refractivity contribution in [2.75, 3.05) is 5.73 Å². The third-order valence-corrected chi connectivity index (χ3v) is 4.38. The Morgan fingerprint density at radius 2 is 1.75 bits per heavy atom. The molecule has 0 radical (unpaired) electrons. The second-order valence-electron chi connectivity index (χ2n) is 6.35. The summed E-state index contributed by atoms with van der Waals surface area (Å²) in [7, 11) is 0. The number of nitrogens with zero attached hydrogens (tertiary/aromatic N) is 3. The van der Waals surface area contributed by atoms with E-state index in [9.17, 15) is 13.2 Å². The zero-order valence-electron chi connectivity index (χ0n) is 14.6. The maximum Gasteiger partial charge on any atom is 0.416 e. The van der Waals surface area contributed by atoms with Gasteiger partial charge in [-0.3, -0.25) is 4.98 Å². The van der Waals surface area contributed by atoms with E-state index in [-0.39, 0.29) is 6.42 Å². The average molecular weight is 380 g/mol. The van der Waals surface area contributed by atoms with Gasteiger partial charge in [0.2, 0.25) is 0 Å². The van der Waals surface area contributed by atoms with Crippen molar-refractivity contribution >= 4 is 16.6 Å². The highest BCUT2D eigenvalue weighted by Gasteiger charge is 2.30. The Hall–Kier alpha value is -3.48. The van der Waals surface area contributed by atoms with Crippen LogP contribution in [-0.2, 0) is 12.6 Å². The van der Waals surface area contributed by atoms with Gasteiger partial charge in [0.15, 0.2) is 5.82 Å². The molecule has 0 unspecified atom stereocenters. The predicted molar refractivity (Wildman–Crippen MR) is 101 cm³/mol. The summed E-state index contributed by atoms with van der Waals surface area (Å²) in [6.45, 7) is 0. The molecule has 2 heterocycles. The van der Waals surface area contributed by atoms with E-state index in [4.69, 9.17) is 5.73 Å². The Morgan fingerprint density at radius 1 is 0.929 bits per heavy atom. The van der Waals surface area contributed by atoms with Crippen molar-refractivity contribution in [3.05, 3.63) is 83.8 Å². The van der Waals surface area contributed by atoms with Crippen molar-refractivity contribution < 1.29 is 13.2 Å². The standard InChI is InChI=1S/C21H15F3N4/c22-21(23,24)15-6-1-4-13(10-15)11-18-19-16(25)7-2-8-17(19)27-20(28-18)14-5-3-9-26-12-14/h1-10,12H,11,25H2. The molecule has 7 heteroatoms. The first-order chi connectivity index (χ1) is 13.4. The molecule has 0 saturated heterocycles. The van der Waals surface area contributed by atoms with Gasteiger partial charge in [0.25, 0.3) is 0 Å². The first-order valence-corrected chi connectivity index (χ1v) is 8.53. The van der Waals surface area contributed by atoms with Crippen LogP contribution in [0, 0.1) is 0 Å². The Balaban J connectivity index is 1.86. The van der Waals surface area contributed by atoms with Crippen LogP contribution in [0.25, 0.3) is 22.3 Å². The molecule has 0 fully saturated rings. The fourth-order valence-corrected chi connectivity index (χ4v) is 3.09. The number of alkyl halides is 3. The molecule has 4 rings (SSSR count). The van der Waals surface area contributed by atoms with E-state index in [0.29, 0.717) is 33.7 Å². The third kappa shape index (κ3) is 3.51. The first-order valence-electron chi connectivity index (χ1n) is 8.53. The molecule has 0 aliphatic rings. The van der Waals surface area contributed by atoms with Gasteiger partial charge in [-0.15, -0.1) is 0 Å². The third-order valence-electron chi connectivity index (χ3n) is 4.38. The molecule has 0 aliphatic heterocycles. The molecule has 0 amide bonds. The Bertz CT molecular complexity index is 1140. The minimum atomic E-state index is -4.40. The zero-order valence-corrected chi connectivity index (χ0v) is 14.6. The quantitative estimate of drug-likeness (QED) is 0.514. The average Bonchev–Trinajstić information content (AvgIpc) is 2.68. The highest BCUT2D eigenvalue weighted by molar-refractivity contribution is 5.93. The largest absolute Gasteiger partial charge is 0.416 e. The van der Waals surface area contributed by atoms with E-state index in [0.717, 1.165) is 17.7 Å². The molecule has 2 aromatic carbocycles. The lowest BCUT2D eigenvalue weighted by Crippen LogP contribution is -2.06. The van der Waals surface area contributed by atoms with E-state index < -0.39 is 11.7 Å². The molecule has 0 bridgehead atoms. The van der Waals surface area contributed by atoms with Gasteiger partial charge in [-0.1, -0.05) is 24.3 Å². The molecule has 0 spiro atoms. The van der Waals surface area contributed by atoms with Crippen molar-refractivity contribution in [2.45, 2.75) is 12.6 Å².